The van der Waals surface area contributed by atoms with E-state index < -0.39 is 6.10 Å². The van der Waals surface area contributed by atoms with Crippen molar-refractivity contribution in [1.29, 1.82) is 0 Å². The van der Waals surface area contributed by atoms with Crippen molar-refractivity contribution in [3.05, 3.63) is 35.4 Å². The molecule has 172 valence electrons. The third-order valence-corrected chi connectivity index (χ3v) is 8.53. The van der Waals surface area contributed by atoms with Gasteiger partial charge in [-0.05, 0) is 85.8 Å². The molecule has 0 amide bonds. The van der Waals surface area contributed by atoms with Gasteiger partial charge in [0, 0.05) is 5.56 Å². The zero-order valence-electron chi connectivity index (χ0n) is 20.5. The van der Waals surface area contributed by atoms with Gasteiger partial charge < -0.3 is 5.11 Å². The minimum atomic E-state index is -0.508. The van der Waals surface area contributed by atoms with E-state index in [-0.39, 0.29) is 0 Å². The van der Waals surface area contributed by atoms with Crippen LogP contribution in [0.3, 0.4) is 0 Å². The molecule has 1 nitrogen and oxygen atoms in total. The van der Waals surface area contributed by atoms with Crippen LogP contribution < -0.4 is 0 Å². The van der Waals surface area contributed by atoms with Gasteiger partial charge in [-0.25, -0.2) is 0 Å². The van der Waals surface area contributed by atoms with Gasteiger partial charge in [-0.3, -0.25) is 0 Å². The Bertz CT molecular complexity index is 692. The van der Waals surface area contributed by atoms with Crippen LogP contribution in [0.5, 0.6) is 0 Å². The molecule has 0 spiro atoms. The fourth-order valence-electron chi connectivity index (χ4n) is 6.53. The molecule has 0 heterocycles. The maximum atomic E-state index is 10.8. The van der Waals surface area contributed by atoms with E-state index in [1.54, 1.807) is 0 Å². The van der Waals surface area contributed by atoms with E-state index >= 15 is 0 Å². The van der Waals surface area contributed by atoms with Crippen LogP contribution in [0.4, 0.5) is 0 Å². The molecule has 1 heteroatoms. The largest absolute Gasteiger partial charge is 0.380 e. The van der Waals surface area contributed by atoms with Gasteiger partial charge in [0.1, 0.15) is 6.10 Å². The Morgan fingerprint density at radius 2 is 1.65 bits per heavy atom. The van der Waals surface area contributed by atoms with Gasteiger partial charge in [-0.2, -0.15) is 0 Å². The van der Waals surface area contributed by atoms with Crippen LogP contribution >= 0.6 is 0 Å². The third-order valence-electron chi connectivity index (χ3n) is 8.53. The highest BCUT2D eigenvalue weighted by Gasteiger charge is 2.38. The Kier molecular flexibility index (Phi) is 9.52. The molecule has 0 radical (unpaired) electrons. The summed E-state index contributed by atoms with van der Waals surface area (Å²) >= 11 is 0. The standard InChI is InChI=1S/C30H46O/c1-4-9-24(3)30(21-7-6-8-22-30)23-29(31)20-15-26-13-18-28(19-14-26)27-16-11-25(10-5-2)12-17-27/h13-14,18-19,24-25,27,29,31H,4-12,16-17,21-23H2,1-3H3. The van der Waals surface area contributed by atoms with Gasteiger partial charge in [0.25, 0.3) is 0 Å². The second-order valence-corrected chi connectivity index (χ2v) is 10.7. The summed E-state index contributed by atoms with van der Waals surface area (Å²) in [5, 5.41) is 10.8. The molecule has 2 aliphatic rings. The van der Waals surface area contributed by atoms with Gasteiger partial charge in [-0.15, -0.1) is 0 Å². The van der Waals surface area contributed by atoms with Crippen molar-refractivity contribution in [3.8, 4) is 11.8 Å². The predicted octanol–water partition coefficient (Wildman–Crippen LogP) is 8.25. The van der Waals surface area contributed by atoms with E-state index in [4.69, 9.17) is 0 Å². The zero-order valence-corrected chi connectivity index (χ0v) is 20.5. The summed E-state index contributed by atoms with van der Waals surface area (Å²) in [6.45, 7) is 7.00. The van der Waals surface area contributed by atoms with Crippen molar-refractivity contribution in [2.45, 2.75) is 123 Å². The first-order chi connectivity index (χ1) is 15.1. The topological polar surface area (TPSA) is 20.2 Å². The monoisotopic (exact) mass is 422 g/mol. The van der Waals surface area contributed by atoms with E-state index in [0.29, 0.717) is 11.3 Å². The van der Waals surface area contributed by atoms with Gasteiger partial charge in [0.15, 0.2) is 0 Å². The Labute approximate surface area is 192 Å². The van der Waals surface area contributed by atoms with Crippen molar-refractivity contribution in [3.63, 3.8) is 0 Å². The molecular weight excluding hydrogens is 376 g/mol. The predicted molar refractivity (Wildman–Crippen MR) is 133 cm³/mol. The summed E-state index contributed by atoms with van der Waals surface area (Å²) < 4.78 is 0. The highest BCUT2D eigenvalue weighted by Crippen LogP contribution is 2.47. The lowest BCUT2D eigenvalue weighted by molar-refractivity contribution is 0.0449. The van der Waals surface area contributed by atoms with Crippen LogP contribution in [0, 0.1) is 29.1 Å². The molecule has 0 bridgehead atoms. The van der Waals surface area contributed by atoms with Crippen LogP contribution in [-0.4, -0.2) is 11.2 Å². The second-order valence-electron chi connectivity index (χ2n) is 10.7. The number of hydrogen-bond donors (Lipinski definition) is 1. The van der Waals surface area contributed by atoms with Crippen LogP contribution in [-0.2, 0) is 0 Å². The smallest absolute Gasteiger partial charge is 0.115 e. The highest BCUT2D eigenvalue weighted by molar-refractivity contribution is 5.37. The molecule has 1 aromatic rings. The average molecular weight is 423 g/mol. The number of aliphatic hydroxyl groups excluding tert-OH is 1. The number of rotatable bonds is 8. The maximum Gasteiger partial charge on any atom is 0.115 e. The molecule has 1 aromatic carbocycles. The quantitative estimate of drug-likeness (QED) is 0.418. The van der Waals surface area contributed by atoms with E-state index in [9.17, 15) is 5.11 Å². The summed E-state index contributed by atoms with van der Waals surface area (Å²) in [6, 6.07) is 8.91. The number of benzene rings is 1. The van der Waals surface area contributed by atoms with Crippen molar-refractivity contribution in [2.24, 2.45) is 17.3 Å². The number of aliphatic hydroxyl groups is 1. The van der Waals surface area contributed by atoms with Gasteiger partial charge in [0.2, 0.25) is 0 Å². The minimum Gasteiger partial charge on any atom is -0.380 e. The van der Waals surface area contributed by atoms with Crippen molar-refractivity contribution >= 4 is 0 Å². The molecule has 0 aromatic heterocycles. The lowest BCUT2D eigenvalue weighted by Gasteiger charge is -2.43. The molecule has 3 rings (SSSR count). The van der Waals surface area contributed by atoms with Crippen LogP contribution in [0.15, 0.2) is 24.3 Å². The van der Waals surface area contributed by atoms with Gasteiger partial charge >= 0.3 is 0 Å². The first kappa shape index (κ1) is 24.4. The molecule has 2 aliphatic carbocycles. The first-order valence-electron chi connectivity index (χ1n) is 13.4. The fourth-order valence-corrected chi connectivity index (χ4v) is 6.53. The summed E-state index contributed by atoms with van der Waals surface area (Å²) in [5.74, 6) is 8.84. The summed E-state index contributed by atoms with van der Waals surface area (Å²) in [5.41, 5.74) is 2.82. The fraction of sp³-hybridized carbons (Fsp3) is 0.733. The molecule has 2 saturated carbocycles. The van der Waals surface area contributed by atoms with E-state index in [1.807, 2.05) is 0 Å². The van der Waals surface area contributed by atoms with Crippen LogP contribution in [0.1, 0.15) is 128 Å². The van der Waals surface area contributed by atoms with Gasteiger partial charge in [0.05, 0.1) is 0 Å². The van der Waals surface area contributed by atoms with Crippen LogP contribution in [0.2, 0.25) is 0 Å². The molecule has 2 unspecified atom stereocenters. The normalized spacial score (nSPS) is 25.3. The van der Waals surface area contributed by atoms with E-state index in [0.717, 1.165) is 23.8 Å². The van der Waals surface area contributed by atoms with Crippen molar-refractivity contribution < 1.29 is 5.11 Å². The summed E-state index contributed by atoms with van der Waals surface area (Å²) in [6.07, 6.45) is 17.6. The molecule has 1 N–H and O–H groups in total. The van der Waals surface area contributed by atoms with Gasteiger partial charge in [-0.1, -0.05) is 89.7 Å². The average Bonchev–Trinajstić information content (AvgIpc) is 2.80. The van der Waals surface area contributed by atoms with Crippen LogP contribution in [0.25, 0.3) is 0 Å². The second kappa shape index (κ2) is 12.1. The molecule has 2 atom stereocenters. The summed E-state index contributed by atoms with van der Waals surface area (Å²) in [4.78, 5) is 0. The lowest BCUT2D eigenvalue weighted by Crippen LogP contribution is -2.35. The minimum absolute atomic E-state index is 0.294. The third kappa shape index (κ3) is 6.86. The molecule has 0 aliphatic heterocycles. The molecular formula is C30H46O. The zero-order chi connectivity index (χ0) is 22.1. The molecule has 2 fully saturated rings. The molecule has 31 heavy (non-hydrogen) atoms. The summed E-state index contributed by atoms with van der Waals surface area (Å²) in [7, 11) is 0. The highest BCUT2D eigenvalue weighted by atomic mass is 16.3. The number of hydrogen-bond acceptors (Lipinski definition) is 1. The van der Waals surface area contributed by atoms with E-state index in [2.05, 4.69) is 56.9 Å². The lowest BCUT2D eigenvalue weighted by atomic mass is 9.62. The molecule has 0 saturated heterocycles. The Balaban J connectivity index is 1.57. The van der Waals surface area contributed by atoms with E-state index in [1.165, 1.54) is 89.0 Å². The Morgan fingerprint density at radius 3 is 2.26 bits per heavy atom. The maximum absolute atomic E-state index is 10.8. The Hall–Kier alpha value is -1.26. The first-order valence-corrected chi connectivity index (χ1v) is 13.4. The Morgan fingerprint density at radius 1 is 0.968 bits per heavy atom. The van der Waals surface area contributed by atoms with Crippen molar-refractivity contribution in [2.75, 3.05) is 0 Å². The van der Waals surface area contributed by atoms with Crippen molar-refractivity contribution in [1.82, 2.24) is 0 Å². The SMILES string of the molecule is CCCC1CCC(c2ccc(C#CC(O)CC3(C(C)CCC)CCCCC3)cc2)CC1.